The molecule has 0 radical (unpaired) electrons. The summed E-state index contributed by atoms with van der Waals surface area (Å²) in [5.41, 5.74) is 3.08. The van der Waals surface area contributed by atoms with Crippen LogP contribution in [0.5, 0.6) is 0 Å². The molecule has 0 fully saturated rings. The largest absolute Gasteiger partial charge is 0.307 e. The van der Waals surface area contributed by atoms with E-state index in [-0.39, 0.29) is 5.41 Å². The van der Waals surface area contributed by atoms with Crippen LogP contribution in [0.2, 0.25) is 0 Å². The van der Waals surface area contributed by atoms with E-state index in [1.54, 1.807) is 0 Å². The highest BCUT2D eigenvalue weighted by Gasteiger charge is 2.12. The first-order chi connectivity index (χ1) is 7.93. The van der Waals surface area contributed by atoms with Gasteiger partial charge in [0.1, 0.15) is 0 Å². The molecule has 0 aliphatic carbocycles. The highest BCUT2D eigenvalue weighted by atomic mass is 15.2. The first kappa shape index (κ1) is 14.2. The first-order valence-electron chi connectivity index (χ1n) is 6.36. The van der Waals surface area contributed by atoms with Gasteiger partial charge < -0.3 is 5.32 Å². The SMILES string of the molecule is CNCN(C)CCc1ccc(C(C)(C)C)cc1. The van der Waals surface area contributed by atoms with Crippen LogP contribution < -0.4 is 5.32 Å². The summed E-state index contributed by atoms with van der Waals surface area (Å²) in [7, 11) is 4.12. The van der Waals surface area contributed by atoms with E-state index in [4.69, 9.17) is 0 Å². The van der Waals surface area contributed by atoms with E-state index in [0.717, 1.165) is 19.6 Å². The van der Waals surface area contributed by atoms with Gasteiger partial charge in [0, 0.05) is 13.2 Å². The highest BCUT2D eigenvalue weighted by Crippen LogP contribution is 2.22. The summed E-state index contributed by atoms with van der Waals surface area (Å²) < 4.78 is 0. The zero-order valence-corrected chi connectivity index (χ0v) is 11.9. The summed E-state index contributed by atoms with van der Waals surface area (Å²) in [6.45, 7) is 8.80. The monoisotopic (exact) mass is 234 g/mol. The number of hydrogen-bond donors (Lipinski definition) is 1. The average Bonchev–Trinajstić information content (AvgIpc) is 2.26. The van der Waals surface area contributed by atoms with E-state index in [1.165, 1.54) is 11.1 Å². The van der Waals surface area contributed by atoms with Crippen molar-refractivity contribution in [3.63, 3.8) is 0 Å². The smallest absolute Gasteiger partial charge is 0.0475 e. The topological polar surface area (TPSA) is 15.3 Å². The Bertz CT molecular complexity index is 322. The molecule has 0 atom stereocenters. The van der Waals surface area contributed by atoms with E-state index >= 15 is 0 Å². The van der Waals surface area contributed by atoms with Crippen LogP contribution in [0.1, 0.15) is 31.9 Å². The number of nitrogens with one attached hydrogen (secondary N) is 1. The normalized spacial score (nSPS) is 12.1. The van der Waals surface area contributed by atoms with Crippen molar-refractivity contribution in [1.82, 2.24) is 10.2 Å². The van der Waals surface area contributed by atoms with Gasteiger partial charge in [0.15, 0.2) is 0 Å². The van der Waals surface area contributed by atoms with Crippen molar-refractivity contribution < 1.29 is 0 Å². The molecule has 2 nitrogen and oxygen atoms in total. The van der Waals surface area contributed by atoms with Crippen LogP contribution in [0.3, 0.4) is 0 Å². The Balaban J connectivity index is 2.51. The molecule has 96 valence electrons. The molecule has 0 aliphatic heterocycles. The molecule has 0 aliphatic rings. The predicted octanol–water partition coefficient (Wildman–Crippen LogP) is 2.64. The second-order valence-corrected chi connectivity index (χ2v) is 5.79. The maximum Gasteiger partial charge on any atom is 0.0475 e. The molecule has 0 heterocycles. The van der Waals surface area contributed by atoms with Gasteiger partial charge in [-0.05, 0) is 37.1 Å². The van der Waals surface area contributed by atoms with E-state index in [1.807, 2.05) is 7.05 Å². The number of hydrogen-bond acceptors (Lipinski definition) is 2. The number of rotatable bonds is 5. The van der Waals surface area contributed by atoms with Crippen molar-refractivity contribution in [2.75, 3.05) is 27.3 Å². The van der Waals surface area contributed by atoms with Crippen molar-refractivity contribution in [3.05, 3.63) is 35.4 Å². The number of likely N-dealkylation sites (N-methyl/N-ethyl adjacent to an activating group) is 1. The van der Waals surface area contributed by atoms with Gasteiger partial charge in [-0.1, -0.05) is 45.0 Å². The van der Waals surface area contributed by atoms with E-state index in [2.05, 4.69) is 62.3 Å². The molecule has 1 rings (SSSR count). The Morgan fingerprint density at radius 3 is 2.18 bits per heavy atom. The molecule has 0 bridgehead atoms. The maximum atomic E-state index is 3.16. The highest BCUT2D eigenvalue weighted by molar-refractivity contribution is 5.27. The lowest BCUT2D eigenvalue weighted by Gasteiger charge is -2.20. The number of benzene rings is 1. The summed E-state index contributed by atoms with van der Waals surface area (Å²) >= 11 is 0. The van der Waals surface area contributed by atoms with Crippen LogP contribution in [-0.4, -0.2) is 32.2 Å². The molecule has 1 N–H and O–H groups in total. The first-order valence-corrected chi connectivity index (χ1v) is 6.36. The minimum absolute atomic E-state index is 0.251. The Hall–Kier alpha value is -0.860. The molecule has 1 aromatic carbocycles. The molecule has 0 saturated heterocycles. The van der Waals surface area contributed by atoms with Gasteiger partial charge in [0.2, 0.25) is 0 Å². The van der Waals surface area contributed by atoms with Gasteiger partial charge in [-0.15, -0.1) is 0 Å². The lowest BCUT2D eigenvalue weighted by atomic mass is 9.86. The zero-order chi connectivity index (χ0) is 12.9. The average molecular weight is 234 g/mol. The van der Waals surface area contributed by atoms with Crippen molar-refractivity contribution in [3.8, 4) is 0 Å². The Morgan fingerprint density at radius 2 is 1.71 bits per heavy atom. The molecule has 17 heavy (non-hydrogen) atoms. The van der Waals surface area contributed by atoms with Crippen molar-refractivity contribution in [1.29, 1.82) is 0 Å². The fraction of sp³-hybridized carbons (Fsp3) is 0.600. The van der Waals surface area contributed by atoms with Crippen LogP contribution in [-0.2, 0) is 11.8 Å². The fourth-order valence-corrected chi connectivity index (χ4v) is 1.84. The Labute approximate surface area is 106 Å². The van der Waals surface area contributed by atoms with Gasteiger partial charge in [0.05, 0.1) is 0 Å². The van der Waals surface area contributed by atoms with Gasteiger partial charge in [-0.25, -0.2) is 0 Å². The Kier molecular flexibility index (Phi) is 5.16. The molecule has 2 heteroatoms. The van der Waals surface area contributed by atoms with Crippen molar-refractivity contribution in [2.24, 2.45) is 0 Å². The van der Waals surface area contributed by atoms with Gasteiger partial charge in [-0.2, -0.15) is 0 Å². The summed E-state index contributed by atoms with van der Waals surface area (Å²) in [4.78, 5) is 2.29. The molecule has 1 aromatic rings. The van der Waals surface area contributed by atoms with Crippen LogP contribution in [0.25, 0.3) is 0 Å². The molecular weight excluding hydrogens is 208 g/mol. The lowest BCUT2D eigenvalue weighted by Crippen LogP contribution is -2.30. The van der Waals surface area contributed by atoms with Crippen LogP contribution in [0, 0.1) is 0 Å². The minimum atomic E-state index is 0.251. The third-order valence-electron chi connectivity index (χ3n) is 3.03. The van der Waals surface area contributed by atoms with E-state index in [9.17, 15) is 0 Å². The minimum Gasteiger partial charge on any atom is -0.307 e. The third kappa shape index (κ3) is 4.88. The standard InChI is InChI=1S/C15H26N2/c1-15(2,3)14-8-6-13(7-9-14)10-11-17(5)12-16-4/h6-9,16H,10-12H2,1-5H3. The molecule has 0 saturated carbocycles. The third-order valence-corrected chi connectivity index (χ3v) is 3.03. The molecule has 0 amide bonds. The molecule has 0 aromatic heterocycles. The molecule has 0 unspecified atom stereocenters. The van der Waals surface area contributed by atoms with Crippen LogP contribution >= 0.6 is 0 Å². The second-order valence-electron chi connectivity index (χ2n) is 5.79. The van der Waals surface area contributed by atoms with Gasteiger partial charge >= 0.3 is 0 Å². The molecular formula is C15H26N2. The summed E-state index contributed by atoms with van der Waals surface area (Å²) in [5.74, 6) is 0. The summed E-state index contributed by atoms with van der Waals surface area (Å²) in [5, 5.41) is 3.16. The van der Waals surface area contributed by atoms with Crippen LogP contribution in [0.15, 0.2) is 24.3 Å². The van der Waals surface area contributed by atoms with Crippen molar-refractivity contribution >= 4 is 0 Å². The van der Waals surface area contributed by atoms with E-state index in [0.29, 0.717) is 0 Å². The summed E-state index contributed by atoms with van der Waals surface area (Å²) in [6.07, 6.45) is 1.11. The summed E-state index contributed by atoms with van der Waals surface area (Å²) in [6, 6.07) is 9.03. The van der Waals surface area contributed by atoms with Crippen LogP contribution in [0.4, 0.5) is 0 Å². The van der Waals surface area contributed by atoms with E-state index < -0.39 is 0 Å². The Morgan fingerprint density at radius 1 is 1.12 bits per heavy atom. The maximum absolute atomic E-state index is 3.16. The quantitative estimate of drug-likeness (QED) is 0.788. The van der Waals surface area contributed by atoms with Gasteiger partial charge in [-0.3, -0.25) is 4.90 Å². The zero-order valence-electron chi connectivity index (χ0n) is 11.9. The number of nitrogens with zero attached hydrogens (tertiary/aromatic N) is 1. The lowest BCUT2D eigenvalue weighted by molar-refractivity contribution is 0.321. The van der Waals surface area contributed by atoms with Crippen molar-refractivity contribution in [2.45, 2.75) is 32.6 Å². The van der Waals surface area contributed by atoms with Gasteiger partial charge in [0.25, 0.3) is 0 Å². The predicted molar refractivity (Wildman–Crippen MR) is 75.4 cm³/mol. The fourth-order valence-electron chi connectivity index (χ4n) is 1.84. The molecule has 0 spiro atoms. The second kappa shape index (κ2) is 6.18.